The van der Waals surface area contributed by atoms with Crippen molar-refractivity contribution in [2.45, 2.75) is 25.4 Å². The van der Waals surface area contributed by atoms with Crippen molar-refractivity contribution in [3.8, 4) is 0 Å². The van der Waals surface area contributed by atoms with Gasteiger partial charge in [0.2, 0.25) is 0 Å². The normalized spacial score (nSPS) is 31.7. The highest BCUT2D eigenvalue weighted by Gasteiger charge is 2.28. The van der Waals surface area contributed by atoms with Gasteiger partial charge in [0, 0.05) is 0 Å². The zero-order chi connectivity index (χ0) is 10.0. The SMILES string of the molecule is CC1C=CC(O)(c2ccccc2)CC1. The number of allylic oxidation sites excluding steroid dienone is 1. The van der Waals surface area contributed by atoms with E-state index in [0.29, 0.717) is 5.92 Å². The summed E-state index contributed by atoms with van der Waals surface area (Å²) in [6.07, 6.45) is 5.93. The van der Waals surface area contributed by atoms with E-state index in [1.54, 1.807) is 0 Å². The number of rotatable bonds is 1. The molecule has 0 radical (unpaired) electrons. The second-order valence-corrected chi connectivity index (χ2v) is 4.17. The fraction of sp³-hybridized carbons (Fsp3) is 0.385. The molecule has 0 aliphatic heterocycles. The van der Waals surface area contributed by atoms with Gasteiger partial charge in [0.25, 0.3) is 0 Å². The minimum absolute atomic E-state index is 0.596. The van der Waals surface area contributed by atoms with Gasteiger partial charge in [0.1, 0.15) is 5.60 Å². The second kappa shape index (κ2) is 3.58. The van der Waals surface area contributed by atoms with Crippen molar-refractivity contribution < 1.29 is 5.11 Å². The molecule has 0 bridgehead atoms. The Morgan fingerprint density at radius 2 is 2.00 bits per heavy atom. The van der Waals surface area contributed by atoms with Gasteiger partial charge in [-0.25, -0.2) is 0 Å². The fourth-order valence-electron chi connectivity index (χ4n) is 1.92. The molecular formula is C13H16O. The number of benzene rings is 1. The highest BCUT2D eigenvalue weighted by atomic mass is 16.3. The Kier molecular flexibility index (Phi) is 2.42. The molecule has 2 unspecified atom stereocenters. The average molecular weight is 188 g/mol. The minimum atomic E-state index is -0.728. The first-order valence-electron chi connectivity index (χ1n) is 5.18. The highest BCUT2D eigenvalue weighted by molar-refractivity contribution is 5.28. The summed E-state index contributed by atoms with van der Waals surface area (Å²) in [4.78, 5) is 0. The quantitative estimate of drug-likeness (QED) is 0.672. The third-order valence-corrected chi connectivity index (χ3v) is 2.95. The monoisotopic (exact) mass is 188 g/mol. The van der Waals surface area contributed by atoms with Crippen LogP contribution in [0.15, 0.2) is 42.5 Å². The van der Waals surface area contributed by atoms with Crippen LogP contribution >= 0.6 is 0 Å². The Bertz CT molecular complexity index is 328. The van der Waals surface area contributed by atoms with Gasteiger partial charge in [0.15, 0.2) is 0 Å². The van der Waals surface area contributed by atoms with Crippen molar-refractivity contribution >= 4 is 0 Å². The molecule has 2 atom stereocenters. The van der Waals surface area contributed by atoms with Crippen LogP contribution in [0, 0.1) is 5.92 Å². The molecule has 74 valence electrons. The van der Waals surface area contributed by atoms with Crippen LogP contribution < -0.4 is 0 Å². The Morgan fingerprint density at radius 3 is 2.57 bits per heavy atom. The molecule has 1 heteroatoms. The molecule has 1 aliphatic rings. The number of hydrogen-bond donors (Lipinski definition) is 1. The van der Waals surface area contributed by atoms with Crippen LogP contribution in [0.3, 0.4) is 0 Å². The van der Waals surface area contributed by atoms with Gasteiger partial charge in [-0.2, -0.15) is 0 Å². The molecular weight excluding hydrogens is 172 g/mol. The van der Waals surface area contributed by atoms with Crippen LogP contribution in [-0.2, 0) is 5.60 Å². The Labute approximate surface area is 85.1 Å². The molecule has 0 spiro atoms. The lowest BCUT2D eigenvalue weighted by Gasteiger charge is -2.30. The van der Waals surface area contributed by atoms with Gasteiger partial charge in [-0.05, 0) is 24.3 Å². The summed E-state index contributed by atoms with van der Waals surface area (Å²) in [5.74, 6) is 0.596. The molecule has 2 rings (SSSR count). The van der Waals surface area contributed by atoms with E-state index in [-0.39, 0.29) is 0 Å². The van der Waals surface area contributed by atoms with E-state index >= 15 is 0 Å². The van der Waals surface area contributed by atoms with Crippen LogP contribution in [0.2, 0.25) is 0 Å². The number of aliphatic hydroxyl groups is 1. The third-order valence-electron chi connectivity index (χ3n) is 2.95. The Balaban J connectivity index is 2.30. The molecule has 0 aromatic heterocycles. The van der Waals surface area contributed by atoms with Gasteiger partial charge in [-0.1, -0.05) is 49.4 Å². The predicted molar refractivity (Wildman–Crippen MR) is 57.9 cm³/mol. The lowest BCUT2D eigenvalue weighted by Crippen LogP contribution is -2.26. The van der Waals surface area contributed by atoms with Crippen molar-refractivity contribution in [2.75, 3.05) is 0 Å². The van der Waals surface area contributed by atoms with E-state index in [1.165, 1.54) is 0 Å². The van der Waals surface area contributed by atoms with Gasteiger partial charge in [-0.3, -0.25) is 0 Å². The molecule has 0 amide bonds. The largest absolute Gasteiger partial charge is 0.381 e. The Hall–Kier alpha value is -1.08. The van der Waals surface area contributed by atoms with E-state index in [0.717, 1.165) is 18.4 Å². The van der Waals surface area contributed by atoms with Crippen molar-refractivity contribution in [1.82, 2.24) is 0 Å². The van der Waals surface area contributed by atoms with Crippen molar-refractivity contribution in [3.05, 3.63) is 48.0 Å². The molecule has 0 saturated heterocycles. The highest BCUT2D eigenvalue weighted by Crippen LogP contribution is 2.33. The maximum Gasteiger partial charge on any atom is 0.108 e. The van der Waals surface area contributed by atoms with Crippen LogP contribution in [-0.4, -0.2) is 5.11 Å². The third kappa shape index (κ3) is 1.73. The summed E-state index contributed by atoms with van der Waals surface area (Å²) in [5, 5.41) is 10.4. The zero-order valence-corrected chi connectivity index (χ0v) is 8.48. The number of hydrogen-bond acceptors (Lipinski definition) is 1. The molecule has 1 aliphatic carbocycles. The molecule has 14 heavy (non-hydrogen) atoms. The minimum Gasteiger partial charge on any atom is -0.381 e. The smallest absolute Gasteiger partial charge is 0.108 e. The van der Waals surface area contributed by atoms with E-state index < -0.39 is 5.60 Å². The summed E-state index contributed by atoms with van der Waals surface area (Å²) in [6.45, 7) is 2.18. The zero-order valence-electron chi connectivity index (χ0n) is 8.48. The van der Waals surface area contributed by atoms with E-state index in [9.17, 15) is 5.11 Å². The molecule has 0 heterocycles. The van der Waals surface area contributed by atoms with Gasteiger partial charge in [-0.15, -0.1) is 0 Å². The van der Waals surface area contributed by atoms with Gasteiger partial charge in [0.05, 0.1) is 0 Å². The second-order valence-electron chi connectivity index (χ2n) is 4.17. The Morgan fingerprint density at radius 1 is 1.29 bits per heavy atom. The average Bonchev–Trinajstić information content (AvgIpc) is 2.24. The van der Waals surface area contributed by atoms with Crippen LogP contribution in [0.4, 0.5) is 0 Å². The summed E-state index contributed by atoms with van der Waals surface area (Å²) >= 11 is 0. The fourth-order valence-corrected chi connectivity index (χ4v) is 1.92. The summed E-state index contributed by atoms with van der Waals surface area (Å²) in [5.41, 5.74) is 0.275. The van der Waals surface area contributed by atoms with E-state index in [1.807, 2.05) is 36.4 Å². The lowest BCUT2D eigenvalue weighted by atomic mass is 9.81. The van der Waals surface area contributed by atoms with Crippen molar-refractivity contribution in [1.29, 1.82) is 0 Å². The van der Waals surface area contributed by atoms with Crippen LogP contribution in [0.1, 0.15) is 25.3 Å². The van der Waals surface area contributed by atoms with Gasteiger partial charge >= 0.3 is 0 Å². The first-order chi connectivity index (χ1) is 6.71. The maximum absolute atomic E-state index is 10.4. The summed E-state index contributed by atoms with van der Waals surface area (Å²) in [7, 11) is 0. The topological polar surface area (TPSA) is 20.2 Å². The molecule has 0 fully saturated rings. The van der Waals surface area contributed by atoms with E-state index in [2.05, 4.69) is 13.0 Å². The van der Waals surface area contributed by atoms with Crippen molar-refractivity contribution in [3.63, 3.8) is 0 Å². The molecule has 1 nitrogen and oxygen atoms in total. The first-order valence-corrected chi connectivity index (χ1v) is 5.18. The maximum atomic E-state index is 10.4. The standard InChI is InChI=1S/C13H16O/c1-11-7-9-13(14,10-8-11)12-5-3-2-4-6-12/h2-7,9,11,14H,8,10H2,1H3. The van der Waals surface area contributed by atoms with E-state index in [4.69, 9.17) is 0 Å². The first kappa shape index (κ1) is 9.47. The summed E-state index contributed by atoms with van der Waals surface area (Å²) in [6, 6.07) is 9.89. The van der Waals surface area contributed by atoms with Crippen LogP contribution in [0.5, 0.6) is 0 Å². The molecule has 1 aromatic rings. The van der Waals surface area contributed by atoms with Crippen molar-refractivity contribution in [2.24, 2.45) is 5.92 Å². The van der Waals surface area contributed by atoms with Crippen LogP contribution in [0.25, 0.3) is 0 Å². The van der Waals surface area contributed by atoms with Gasteiger partial charge < -0.3 is 5.11 Å². The molecule has 1 aromatic carbocycles. The predicted octanol–water partition coefficient (Wildman–Crippen LogP) is 2.86. The lowest BCUT2D eigenvalue weighted by molar-refractivity contribution is 0.0673. The summed E-state index contributed by atoms with van der Waals surface area (Å²) < 4.78 is 0. The molecule has 1 N–H and O–H groups in total. The molecule has 0 saturated carbocycles.